The number of hydrogen-bond donors (Lipinski definition) is 1. The van der Waals surface area contributed by atoms with Crippen LogP contribution in [0.5, 0.6) is 0 Å². The van der Waals surface area contributed by atoms with Crippen LogP contribution in [0.2, 0.25) is 10.2 Å². The average molecular weight is 333 g/mol. The molecule has 2 N–H and O–H groups in total. The van der Waals surface area contributed by atoms with Crippen molar-refractivity contribution in [1.29, 1.82) is 0 Å². The number of hydrogen-bond acceptors (Lipinski definition) is 3. The lowest BCUT2D eigenvalue weighted by molar-refractivity contribution is 0.100. The Morgan fingerprint density at radius 3 is 2.64 bits per heavy atom. The summed E-state index contributed by atoms with van der Waals surface area (Å²) in [6.45, 7) is 0. The van der Waals surface area contributed by atoms with Gasteiger partial charge in [-0.15, -0.1) is 0 Å². The molecule has 0 atom stereocenters. The van der Waals surface area contributed by atoms with Crippen molar-refractivity contribution in [2.45, 2.75) is 0 Å². The first kappa shape index (κ1) is 14.6. The Kier molecular flexibility index (Phi) is 3.83. The zero-order valence-electron chi connectivity index (χ0n) is 11.2. The molecule has 0 fully saturated rings. The Hall–Kier alpha value is -2.37. The summed E-state index contributed by atoms with van der Waals surface area (Å²) in [5.74, 6) is -0.582. The van der Waals surface area contributed by atoms with Crippen LogP contribution in [0, 0.1) is 0 Å². The smallest absolute Gasteiger partial charge is 0.252 e. The lowest BCUT2D eigenvalue weighted by Crippen LogP contribution is -2.11. The fourth-order valence-electron chi connectivity index (χ4n) is 2.07. The summed E-state index contributed by atoms with van der Waals surface area (Å²) >= 11 is 12.1. The van der Waals surface area contributed by atoms with Gasteiger partial charge in [0.2, 0.25) is 0 Å². The molecule has 110 valence electrons. The summed E-state index contributed by atoms with van der Waals surface area (Å²) in [6.07, 6.45) is 3.10. The van der Waals surface area contributed by atoms with Gasteiger partial charge < -0.3 is 5.73 Å². The number of rotatable bonds is 3. The molecule has 0 saturated heterocycles. The van der Waals surface area contributed by atoms with E-state index < -0.39 is 5.91 Å². The van der Waals surface area contributed by atoms with E-state index in [1.54, 1.807) is 42.7 Å². The molecule has 0 aliphatic heterocycles. The largest absolute Gasteiger partial charge is 0.365 e. The maximum Gasteiger partial charge on any atom is 0.252 e. The summed E-state index contributed by atoms with van der Waals surface area (Å²) in [5, 5.41) is 5.23. The van der Waals surface area contributed by atoms with Crippen molar-refractivity contribution in [3.63, 3.8) is 0 Å². The molecule has 2 aromatic heterocycles. The molecule has 0 bridgehead atoms. The second-order valence-corrected chi connectivity index (χ2v) is 5.31. The van der Waals surface area contributed by atoms with Gasteiger partial charge in [-0.1, -0.05) is 41.4 Å². The predicted octanol–water partition coefficient (Wildman–Crippen LogP) is 3.34. The summed E-state index contributed by atoms with van der Waals surface area (Å²) in [5.41, 5.74) is 7.45. The zero-order chi connectivity index (χ0) is 15.7. The highest BCUT2D eigenvalue weighted by atomic mass is 35.5. The van der Waals surface area contributed by atoms with Crippen molar-refractivity contribution < 1.29 is 4.79 Å². The normalized spacial score (nSPS) is 10.6. The highest BCUT2D eigenvalue weighted by Gasteiger charge is 2.18. The van der Waals surface area contributed by atoms with Crippen LogP contribution in [0.1, 0.15) is 10.4 Å². The van der Waals surface area contributed by atoms with Gasteiger partial charge >= 0.3 is 0 Å². The molecule has 1 amide bonds. The first-order chi connectivity index (χ1) is 10.6. The summed E-state index contributed by atoms with van der Waals surface area (Å²) in [6, 6.07) is 10.5. The summed E-state index contributed by atoms with van der Waals surface area (Å²) in [4.78, 5) is 15.6. The van der Waals surface area contributed by atoms with E-state index >= 15 is 0 Å². The van der Waals surface area contributed by atoms with Crippen molar-refractivity contribution in [2.24, 2.45) is 5.73 Å². The van der Waals surface area contributed by atoms with E-state index in [-0.39, 0.29) is 5.56 Å². The Morgan fingerprint density at radius 1 is 1.18 bits per heavy atom. The zero-order valence-corrected chi connectivity index (χ0v) is 12.7. The van der Waals surface area contributed by atoms with Crippen molar-refractivity contribution in [1.82, 2.24) is 14.8 Å². The van der Waals surface area contributed by atoms with E-state index in [1.165, 1.54) is 4.68 Å². The van der Waals surface area contributed by atoms with Gasteiger partial charge in [-0.3, -0.25) is 4.79 Å². The first-order valence-corrected chi connectivity index (χ1v) is 7.08. The number of carbonyl (C=O) groups is 1. The van der Waals surface area contributed by atoms with E-state index in [0.29, 0.717) is 27.1 Å². The lowest BCUT2D eigenvalue weighted by Gasteiger charge is -2.02. The number of aromatic nitrogens is 3. The van der Waals surface area contributed by atoms with Crippen LogP contribution in [-0.4, -0.2) is 20.7 Å². The minimum atomic E-state index is -0.582. The molecule has 0 radical (unpaired) electrons. The highest BCUT2D eigenvalue weighted by molar-refractivity contribution is 6.33. The molecule has 0 aliphatic rings. The van der Waals surface area contributed by atoms with Gasteiger partial charge in [0, 0.05) is 24.0 Å². The Bertz CT molecular complexity index is 860. The van der Waals surface area contributed by atoms with Crippen molar-refractivity contribution in [3.05, 3.63) is 64.5 Å². The second kappa shape index (κ2) is 5.79. The van der Waals surface area contributed by atoms with E-state index in [0.717, 1.165) is 0 Å². The third-order valence-electron chi connectivity index (χ3n) is 3.08. The monoisotopic (exact) mass is 332 g/mol. The standard InChI is InChI=1S/C15H10Cl2N4O/c16-12-4-2-1-3-10(12)14-11(15(18)22)8-21(20-14)9-5-6-19-13(17)7-9/h1-8H,(H2,18,22). The highest BCUT2D eigenvalue weighted by Crippen LogP contribution is 2.29. The number of halogens is 2. The third-order valence-corrected chi connectivity index (χ3v) is 3.62. The topological polar surface area (TPSA) is 73.8 Å². The molecule has 7 heteroatoms. The average Bonchev–Trinajstić information content (AvgIpc) is 2.93. The molecule has 0 unspecified atom stereocenters. The Morgan fingerprint density at radius 2 is 1.95 bits per heavy atom. The molecule has 1 aromatic carbocycles. The number of pyridine rings is 1. The van der Waals surface area contributed by atoms with Gasteiger partial charge in [0.05, 0.1) is 16.3 Å². The van der Waals surface area contributed by atoms with Crippen LogP contribution < -0.4 is 5.73 Å². The fraction of sp³-hybridized carbons (Fsp3) is 0. The number of nitrogens with zero attached hydrogens (tertiary/aromatic N) is 3. The van der Waals surface area contributed by atoms with Crippen molar-refractivity contribution in [3.8, 4) is 16.9 Å². The van der Waals surface area contributed by atoms with E-state index in [2.05, 4.69) is 10.1 Å². The molecule has 0 saturated carbocycles. The van der Waals surface area contributed by atoms with Gasteiger partial charge in [0.15, 0.2) is 0 Å². The van der Waals surface area contributed by atoms with E-state index in [4.69, 9.17) is 28.9 Å². The molecule has 0 spiro atoms. The van der Waals surface area contributed by atoms with Gasteiger partial charge in [0.1, 0.15) is 10.8 Å². The second-order valence-electron chi connectivity index (χ2n) is 4.52. The SMILES string of the molecule is NC(=O)c1cn(-c2ccnc(Cl)c2)nc1-c1ccccc1Cl. The number of nitrogens with two attached hydrogens (primary N) is 1. The molecule has 22 heavy (non-hydrogen) atoms. The molecular weight excluding hydrogens is 323 g/mol. The van der Waals surface area contributed by atoms with Crippen molar-refractivity contribution in [2.75, 3.05) is 0 Å². The van der Waals surface area contributed by atoms with Gasteiger partial charge in [-0.2, -0.15) is 5.10 Å². The van der Waals surface area contributed by atoms with Crippen LogP contribution in [0.3, 0.4) is 0 Å². The van der Waals surface area contributed by atoms with Crippen LogP contribution in [0.4, 0.5) is 0 Å². The van der Waals surface area contributed by atoms with E-state index in [1.807, 2.05) is 6.07 Å². The third kappa shape index (κ3) is 2.68. The minimum absolute atomic E-state index is 0.279. The van der Waals surface area contributed by atoms with Gasteiger partial charge in [0.25, 0.3) is 5.91 Å². The Balaban J connectivity index is 2.19. The number of benzene rings is 1. The maximum absolute atomic E-state index is 11.7. The molecule has 0 aliphatic carbocycles. The minimum Gasteiger partial charge on any atom is -0.365 e. The van der Waals surface area contributed by atoms with Crippen LogP contribution in [-0.2, 0) is 0 Å². The quantitative estimate of drug-likeness (QED) is 0.747. The molecule has 2 heterocycles. The molecule has 3 rings (SSSR count). The van der Waals surface area contributed by atoms with E-state index in [9.17, 15) is 4.79 Å². The van der Waals surface area contributed by atoms with Gasteiger partial charge in [-0.05, 0) is 12.1 Å². The van der Waals surface area contributed by atoms with Crippen LogP contribution >= 0.6 is 23.2 Å². The summed E-state index contributed by atoms with van der Waals surface area (Å²) < 4.78 is 1.52. The number of amides is 1. The number of primary amides is 1. The lowest BCUT2D eigenvalue weighted by atomic mass is 10.1. The number of carbonyl (C=O) groups excluding carboxylic acids is 1. The Labute approximate surface area is 136 Å². The first-order valence-electron chi connectivity index (χ1n) is 6.32. The predicted molar refractivity (Wildman–Crippen MR) is 85.3 cm³/mol. The van der Waals surface area contributed by atoms with Gasteiger partial charge in [-0.25, -0.2) is 9.67 Å². The fourth-order valence-corrected chi connectivity index (χ4v) is 2.47. The molecule has 3 aromatic rings. The molecular formula is C15H10Cl2N4O. The van der Waals surface area contributed by atoms with Crippen LogP contribution in [0.15, 0.2) is 48.8 Å². The van der Waals surface area contributed by atoms with Crippen molar-refractivity contribution >= 4 is 29.1 Å². The summed E-state index contributed by atoms with van der Waals surface area (Å²) in [7, 11) is 0. The molecule has 5 nitrogen and oxygen atoms in total. The maximum atomic E-state index is 11.7. The van der Waals surface area contributed by atoms with Crippen LogP contribution in [0.25, 0.3) is 16.9 Å².